The molecule has 0 bridgehead atoms. The van der Waals surface area contributed by atoms with Gasteiger partial charge in [0.15, 0.2) is 0 Å². The van der Waals surface area contributed by atoms with Crippen molar-refractivity contribution in [3.05, 3.63) is 0 Å². The van der Waals surface area contributed by atoms with Gasteiger partial charge in [-0.2, -0.15) is 0 Å². The summed E-state index contributed by atoms with van der Waals surface area (Å²) in [6.45, 7) is 4.28. The minimum absolute atomic E-state index is 0.0496. The lowest BCUT2D eigenvalue weighted by molar-refractivity contribution is -0.140. The van der Waals surface area contributed by atoms with Crippen LogP contribution in [0.3, 0.4) is 0 Å². The summed E-state index contributed by atoms with van der Waals surface area (Å²) in [7, 11) is 1.37. The molecular weight excluding hydrogens is 258 g/mol. The van der Waals surface area contributed by atoms with Crippen LogP contribution in [0.1, 0.15) is 32.6 Å². The number of hydrogen-bond acceptors (Lipinski definition) is 4. The maximum Gasteiger partial charge on any atom is 0.409 e. The standard InChI is InChI=1S/C14H25N3O3/c1-11-4-3-5-14(15,10-11)12(18)16-6-8-17(9-7-16)13(19)20-2/h11H,3-10,15H2,1-2H3. The van der Waals surface area contributed by atoms with E-state index in [1.165, 1.54) is 7.11 Å². The number of ether oxygens (including phenoxy) is 1. The van der Waals surface area contributed by atoms with Crippen LogP contribution in [0.4, 0.5) is 4.79 Å². The number of rotatable bonds is 1. The first kappa shape index (κ1) is 15.1. The fourth-order valence-corrected chi connectivity index (χ4v) is 3.32. The van der Waals surface area contributed by atoms with Gasteiger partial charge in [-0.05, 0) is 18.8 Å². The molecule has 1 aliphatic heterocycles. The smallest absolute Gasteiger partial charge is 0.409 e. The summed E-state index contributed by atoms with van der Waals surface area (Å²) < 4.78 is 4.69. The van der Waals surface area contributed by atoms with Gasteiger partial charge < -0.3 is 20.3 Å². The Morgan fingerprint density at radius 3 is 2.35 bits per heavy atom. The highest BCUT2D eigenvalue weighted by atomic mass is 16.5. The van der Waals surface area contributed by atoms with E-state index in [0.29, 0.717) is 32.1 Å². The zero-order valence-corrected chi connectivity index (χ0v) is 12.4. The maximum absolute atomic E-state index is 12.6. The largest absolute Gasteiger partial charge is 0.453 e. The third kappa shape index (κ3) is 3.06. The molecule has 2 amide bonds. The second-order valence-electron chi connectivity index (χ2n) is 6.11. The number of carbonyl (C=O) groups is 2. The number of carbonyl (C=O) groups excluding carboxylic acids is 2. The highest BCUT2D eigenvalue weighted by Crippen LogP contribution is 2.32. The van der Waals surface area contributed by atoms with E-state index in [1.807, 2.05) is 0 Å². The van der Waals surface area contributed by atoms with Crippen molar-refractivity contribution in [1.82, 2.24) is 9.80 Å². The van der Waals surface area contributed by atoms with E-state index in [9.17, 15) is 9.59 Å². The van der Waals surface area contributed by atoms with Crippen LogP contribution in [0.2, 0.25) is 0 Å². The minimum atomic E-state index is -0.703. The lowest BCUT2D eigenvalue weighted by Gasteiger charge is -2.42. The molecule has 20 heavy (non-hydrogen) atoms. The summed E-state index contributed by atoms with van der Waals surface area (Å²) in [6.07, 6.45) is 3.38. The Morgan fingerprint density at radius 1 is 1.20 bits per heavy atom. The molecule has 0 radical (unpaired) electrons. The number of nitrogens with two attached hydrogens (primary N) is 1. The van der Waals surface area contributed by atoms with Gasteiger partial charge in [0.2, 0.25) is 5.91 Å². The summed E-state index contributed by atoms with van der Waals surface area (Å²) in [5, 5.41) is 0. The molecule has 6 nitrogen and oxygen atoms in total. The molecule has 0 spiro atoms. The number of nitrogens with zero attached hydrogens (tertiary/aromatic N) is 2. The van der Waals surface area contributed by atoms with Crippen LogP contribution >= 0.6 is 0 Å². The first-order chi connectivity index (χ1) is 9.46. The van der Waals surface area contributed by atoms with E-state index < -0.39 is 5.54 Å². The van der Waals surface area contributed by atoms with Gasteiger partial charge >= 0.3 is 6.09 Å². The highest BCUT2D eigenvalue weighted by molar-refractivity contribution is 5.86. The zero-order valence-electron chi connectivity index (χ0n) is 12.4. The molecule has 1 saturated carbocycles. The monoisotopic (exact) mass is 283 g/mol. The summed E-state index contributed by atoms with van der Waals surface area (Å²) in [5.41, 5.74) is 5.64. The SMILES string of the molecule is COC(=O)N1CCN(C(=O)C2(N)CCCC(C)C2)CC1. The van der Waals surface area contributed by atoms with Gasteiger partial charge in [-0.25, -0.2) is 4.79 Å². The lowest BCUT2D eigenvalue weighted by atomic mass is 9.76. The Kier molecular flexibility index (Phi) is 4.52. The number of piperazine rings is 1. The molecule has 1 heterocycles. The Labute approximate surface area is 120 Å². The first-order valence-corrected chi connectivity index (χ1v) is 7.37. The van der Waals surface area contributed by atoms with Crippen LogP contribution in [-0.4, -0.2) is 60.6 Å². The van der Waals surface area contributed by atoms with Gasteiger partial charge in [-0.15, -0.1) is 0 Å². The lowest BCUT2D eigenvalue weighted by Crippen LogP contribution is -2.61. The van der Waals surface area contributed by atoms with Crippen molar-refractivity contribution >= 4 is 12.0 Å². The third-order valence-corrected chi connectivity index (χ3v) is 4.46. The second-order valence-corrected chi connectivity index (χ2v) is 6.11. The predicted octanol–water partition coefficient (Wildman–Crippen LogP) is 0.805. The van der Waals surface area contributed by atoms with E-state index in [4.69, 9.17) is 10.5 Å². The van der Waals surface area contributed by atoms with Gasteiger partial charge in [0, 0.05) is 26.2 Å². The topological polar surface area (TPSA) is 75.9 Å². The fourth-order valence-electron chi connectivity index (χ4n) is 3.32. The summed E-state index contributed by atoms with van der Waals surface area (Å²) in [5.74, 6) is 0.558. The average Bonchev–Trinajstić information content (AvgIpc) is 2.45. The van der Waals surface area contributed by atoms with E-state index in [1.54, 1.807) is 9.80 Å². The molecule has 0 aromatic rings. The normalized spacial score (nSPS) is 31.1. The van der Waals surface area contributed by atoms with E-state index in [2.05, 4.69) is 6.92 Å². The molecule has 0 aromatic carbocycles. The minimum Gasteiger partial charge on any atom is -0.453 e. The van der Waals surface area contributed by atoms with Gasteiger partial charge in [0.1, 0.15) is 0 Å². The van der Waals surface area contributed by atoms with Crippen LogP contribution < -0.4 is 5.73 Å². The molecule has 0 aromatic heterocycles. The molecule has 2 atom stereocenters. The van der Waals surface area contributed by atoms with Crippen molar-refractivity contribution < 1.29 is 14.3 Å². The van der Waals surface area contributed by atoms with Crippen LogP contribution in [0.15, 0.2) is 0 Å². The number of hydrogen-bond donors (Lipinski definition) is 1. The summed E-state index contributed by atoms with van der Waals surface area (Å²) in [4.78, 5) is 27.5. The maximum atomic E-state index is 12.6. The summed E-state index contributed by atoms with van der Waals surface area (Å²) in [6, 6.07) is 0. The number of methoxy groups -OCH3 is 1. The third-order valence-electron chi connectivity index (χ3n) is 4.46. The average molecular weight is 283 g/mol. The molecule has 2 rings (SSSR count). The fraction of sp³-hybridized carbons (Fsp3) is 0.857. The quantitative estimate of drug-likeness (QED) is 0.772. The highest BCUT2D eigenvalue weighted by Gasteiger charge is 2.41. The molecule has 2 fully saturated rings. The second kappa shape index (κ2) is 5.99. The molecule has 1 saturated heterocycles. The molecule has 2 unspecified atom stereocenters. The van der Waals surface area contributed by atoms with E-state index in [0.717, 1.165) is 25.7 Å². The Hall–Kier alpha value is -1.30. The van der Waals surface area contributed by atoms with E-state index in [-0.39, 0.29) is 12.0 Å². The molecular formula is C14H25N3O3. The van der Waals surface area contributed by atoms with Crippen molar-refractivity contribution in [2.24, 2.45) is 11.7 Å². The van der Waals surface area contributed by atoms with Crippen molar-refractivity contribution in [2.45, 2.75) is 38.1 Å². The van der Waals surface area contributed by atoms with Crippen LogP contribution in [0, 0.1) is 5.92 Å². The molecule has 6 heteroatoms. The van der Waals surface area contributed by atoms with Crippen molar-refractivity contribution in [1.29, 1.82) is 0 Å². The van der Waals surface area contributed by atoms with Gasteiger partial charge in [0.25, 0.3) is 0 Å². The van der Waals surface area contributed by atoms with Crippen LogP contribution in [0.5, 0.6) is 0 Å². The van der Waals surface area contributed by atoms with E-state index >= 15 is 0 Å². The van der Waals surface area contributed by atoms with Crippen molar-refractivity contribution in [3.63, 3.8) is 0 Å². The molecule has 2 N–H and O–H groups in total. The molecule has 1 aliphatic carbocycles. The Bertz CT molecular complexity index is 380. The van der Waals surface area contributed by atoms with Gasteiger partial charge in [-0.3, -0.25) is 4.79 Å². The molecule has 2 aliphatic rings. The first-order valence-electron chi connectivity index (χ1n) is 7.37. The zero-order chi connectivity index (χ0) is 14.8. The van der Waals surface area contributed by atoms with Gasteiger partial charge in [-0.1, -0.05) is 19.8 Å². The Morgan fingerprint density at radius 2 is 1.80 bits per heavy atom. The van der Waals surface area contributed by atoms with Crippen molar-refractivity contribution in [3.8, 4) is 0 Å². The van der Waals surface area contributed by atoms with Crippen molar-refractivity contribution in [2.75, 3.05) is 33.3 Å². The number of amides is 2. The Balaban J connectivity index is 1.93. The summed E-state index contributed by atoms with van der Waals surface area (Å²) >= 11 is 0. The van der Waals surface area contributed by atoms with Gasteiger partial charge in [0.05, 0.1) is 12.6 Å². The van der Waals surface area contributed by atoms with Crippen LogP contribution in [0.25, 0.3) is 0 Å². The predicted molar refractivity (Wildman–Crippen MR) is 75.1 cm³/mol. The molecule has 114 valence electrons. The van der Waals surface area contributed by atoms with Crippen LogP contribution in [-0.2, 0) is 9.53 Å².